The fraction of sp³-hybridized carbons (Fsp3) is 0.552. The molecule has 3 atom stereocenters. The van der Waals surface area contributed by atoms with Crippen molar-refractivity contribution in [2.75, 3.05) is 33.4 Å². The van der Waals surface area contributed by atoms with Gasteiger partial charge in [-0.2, -0.15) is 0 Å². The van der Waals surface area contributed by atoms with Gasteiger partial charge in [0.1, 0.15) is 5.75 Å². The van der Waals surface area contributed by atoms with E-state index in [4.69, 9.17) is 21.1 Å². The molecule has 0 radical (unpaired) electrons. The molecule has 2 fully saturated rings. The van der Waals surface area contributed by atoms with E-state index in [2.05, 4.69) is 42.3 Å². The molecule has 0 spiro atoms. The van der Waals surface area contributed by atoms with Crippen molar-refractivity contribution in [2.45, 2.75) is 62.9 Å². The molecule has 5 nitrogen and oxygen atoms in total. The Hall–Kier alpha value is -2.08. The predicted molar refractivity (Wildman–Crippen MR) is 140 cm³/mol. The Labute approximate surface area is 214 Å². The van der Waals surface area contributed by atoms with Crippen LogP contribution < -0.4 is 10.1 Å². The molecular formula is C29H37ClN2O3. The number of nitrogens with one attached hydrogen (secondary N) is 1. The summed E-state index contributed by atoms with van der Waals surface area (Å²) in [6.45, 7) is 7.84. The lowest BCUT2D eigenvalue weighted by molar-refractivity contribution is 0.00120. The van der Waals surface area contributed by atoms with Gasteiger partial charge in [0.2, 0.25) is 0 Å². The van der Waals surface area contributed by atoms with Crippen LogP contribution in [0.1, 0.15) is 61.0 Å². The molecule has 188 valence electrons. The van der Waals surface area contributed by atoms with E-state index in [-0.39, 0.29) is 11.3 Å². The molecule has 35 heavy (non-hydrogen) atoms. The van der Waals surface area contributed by atoms with Gasteiger partial charge in [-0.05, 0) is 104 Å². The number of nitrogens with zero attached hydrogens (tertiary/aromatic N) is 1. The first kappa shape index (κ1) is 24.6. The number of hydrogen-bond acceptors (Lipinski definition) is 4. The van der Waals surface area contributed by atoms with Crippen LogP contribution in [0.15, 0.2) is 42.5 Å². The summed E-state index contributed by atoms with van der Waals surface area (Å²) < 4.78 is 12.0. The quantitative estimate of drug-likeness (QED) is 0.614. The summed E-state index contributed by atoms with van der Waals surface area (Å²) in [5.41, 5.74) is 2.67. The second kappa shape index (κ2) is 9.76. The van der Waals surface area contributed by atoms with Crippen LogP contribution in [-0.4, -0.2) is 55.8 Å². The van der Waals surface area contributed by atoms with Crippen LogP contribution in [0.5, 0.6) is 5.75 Å². The largest absolute Gasteiger partial charge is 0.497 e. The van der Waals surface area contributed by atoms with Crippen LogP contribution in [0.25, 0.3) is 0 Å². The molecule has 2 aromatic carbocycles. The molecule has 3 unspecified atom stereocenters. The van der Waals surface area contributed by atoms with Crippen LogP contribution in [0.4, 0.5) is 0 Å². The van der Waals surface area contributed by atoms with Crippen molar-refractivity contribution in [3.05, 3.63) is 64.2 Å². The van der Waals surface area contributed by atoms with Crippen molar-refractivity contribution >= 4 is 17.5 Å². The highest BCUT2D eigenvalue weighted by molar-refractivity contribution is 6.30. The van der Waals surface area contributed by atoms with Crippen LogP contribution in [0.3, 0.4) is 0 Å². The minimum atomic E-state index is -0.521. The molecule has 1 aliphatic carbocycles. The van der Waals surface area contributed by atoms with Gasteiger partial charge >= 0.3 is 0 Å². The third-order valence-corrected chi connectivity index (χ3v) is 8.36. The average Bonchev–Trinajstić information content (AvgIpc) is 3.65. The number of benzene rings is 2. The van der Waals surface area contributed by atoms with Gasteiger partial charge in [-0.3, -0.25) is 9.69 Å². The highest BCUT2D eigenvalue weighted by Crippen LogP contribution is 2.43. The lowest BCUT2D eigenvalue weighted by Crippen LogP contribution is -2.56. The summed E-state index contributed by atoms with van der Waals surface area (Å²) in [5, 5.41) is 3.96. The van der Waals surface area contributed by atoms with Crippen molar-refractivity contribution < 1.29 is 14.3 Å². The number of carbonyl (C=O) groups is 1. The molecule has 3 heterocycles. The zero-order chi connectivity index (χ0) is 24.6. The predicted octanol–water partition coefficient (Wildman–Crippen LogP) is 5.24. The zero-order valence-corrected chi connectivity index (χ0v) is 21.9. The number of hydrogen-bond donors (Lipinski definition) is 1. The highest BCUT2D eigenvalue weighted by Gasteiger charge is 2.43. The van der Waals surface area contributed by atoms with E-state index in [1.165, 1.54) is 30.5 Å². The third kappa shape index (κ3) is 5.52. The highest BCUT2D eigenvalue weighted by atomic mass is 35.5. The van der Waals surface area contributed by atoms with Crippen LogP contribution >= 0.6 is 11.6 Å². The summed E-state index contributed by atoms with van der Waals surface area (Å²) in [6.07, 6.45) is 5.49. The van der Waals surface area contributed by atoms with Gasteiger partial charge in [0, 0.05) is 23.2 Å². The number of rotatable bonds is 5. The van der Waals surface area contributed by atoms with Gasteiger partial charge in [-0.15, -0.1) is 0 Å². The third-order valence-electron chi connectivity index (χ3n) is 8.11. The number of carbonyl (C=O) groups excluding carboxylic acids is 1. The standard InChI is InChI=1S/C29H37ClN2O3/c1-28-12-13-32(16-20-4-5-20)24(14-22-8-11-25(34-3)15-26(22)28)17-35-19-29(2,18-28)31-27(33)21-6-9-23(30)10-7-21/h6-11,15,20,24H,4-5,12-14,16-19H2,1-3H3,(H,31,33). The molecule has 1 saturated heterocycles. The number of ether oxygens (including phenoxy) is 2. The van der Waals surface area contributed by atoms with E-state index in [1.54, 1.807) is 31.4 Å². The Morgan fingerprint density at radius 2 is 1.97 bits per heavy atom. The van der Waals surface area contributed by atoms with E-state index in [0.717, 1.165) is 37.5 Å². The molecule has 6 heteroatoms. The van der Waals surface area contributed by atoms with E-state index in [0.29, 0.717) is 29.8 Å². The lowest BCUT2D eigenvalue weighted by Gasteiger charge is -2.47. The number of amides is 1. The summed E-state index contributed by atoms with van der Waals surface area (Å²) >= 11 is 6.04. The van der Waals surface area contributed by atoms with Gasteiger partial charge in [0.15, 0.2) is 0 Å². The Morgan fingerprint density at radius 1 is 1.20 bits per heavy atom. The fourth-order valence-electron chi connectivity index (χ4n) is 6.09. The molecule has 6 rings (SSSR count). The van der Waals surface area contributed by atoms with Crippen LogP contribution in [0, 0.1) is 5.92 Å². The minimum absolute atomic E-state index is 0.0954. The first-order valence-corrected chi connectivity index (χ1v) is 13.2. The van der Waals surface area contributed by atoms with E-state index < -0.39 is 5.54 Å². The van der Waals surface area contributed by atoms with Crippen molar-refractivity contribution in [3.8, 4) is 5.75 Å². The summed E-state index contributed by atoms with van der Waals surface area (Å²) in [5.74, 6) is 1.63. The molecule has 1 saturated carbocycles. The smallest absolute Gasteiger partial charge is 0.251 e. The number of halogens is 1. The monoisotopic (exact) mass is 496 g/mol. The zero-order valence-electron chi connectivity index (χ0n) is 21.1. The maximum absolute atomic E-state index is 13.2. The SMILES string of the molecule is COc1ccc2c(c1)C1(C)CCN(CC3CC3)C(COCC(C)(NC(=O)c3ccc(Cl)cc3)C1)C2. The number of methoxy groups -OCH3 is 1. The molecule has 3 aliphatic heterocycles. The van der Waals surface area contributed by atoms with Gasteiger partial charge in [-0.25, -0.2) is 0 Å². The Kier molecular flexibility index (Phi) is 6.86. The molecular weight excluding hydrogens is 460 g/mol. The minimum Gasteiger partial charge on any atom is -0.497 e. The molecule has 2 aromatic rings. The van der Waals surface area contributed by atoms with Crippen LogP contribution in [0.2, 0.25) is 5.02 Å². The Morgan fingerprint density at radius 3 is 2.69 bits per heavy atom. The maximum Gasteiger partial charge on any atom is 0.251 e. The van der Waals surface area contributed by atoms with Gasteiger partial charge < -0.3 is 14.8 Å². The van der Waals surface area contributed by atoms with Gasteiger partial charge in [-0.1, -0.05) is 24.6 Å². The van der Waals surface area contributed by atoms with Crippen molar-refractivity contribution in [2.24, 2.45) is 5.92 Å². The average molecular weight is 497 g/mol. The fourth-order valence-corrected chi connectivity index (χ4v) is 6.22. The molecule has 1 N–H and O–H groups in total. The Balaban J connectivity index is 1.49. The first-order valence-electron chi connectivity index (χ1n) is 12.8. The van der Waals surface area contributed by atoms with Crippen molar-refractivity contribution in [1.82, 2.24) is 10.2 Å². The normalized spacial score (nSPS) is 29.2. The molecule has 1 amide bonds. The van der Waals surface area contributed by atoms with E-state index in [1.807, 2.05) is 0 Å². The van der Waals surface area contributed by atoms with Crippen molar-refractivity contribution in [1.29, 1.82) is 0 Å². The summed E-state index contributed by atoms with van der Waals surface area (Å²) in [4.78, 5) is 15.9. The van der Waals surface area contributed by atoms with Gasteiger partial charge in [0.05, 0.1) is 25.9 Å². The molecule has 0 aromatic heterocycles. The molecule has 4 aliphatic rings. The second-order valence-electron chi connectivity index (χ2n) is 11.3. The van der Waals surface area contributed by atoms with E-state index >= 15 is 0 Å². The molecule has 2 bridgehead atoms. The maximum atomic E-state index is 13.2. The summed E-state index contributed by atoms with van der Waals surface area (Å²) in [6, 6.07) is 13.9. The lowest BCUT2D eigenvalue weighted by atomic mass is 9.68. The van der Waals surface area contributed by atoms with Crippen molar-refractivity contribution in [3.63, 3.8) is 0 Å². The van der Waals surface area contributed by atoms with Crippen LogP contribution in [-0.2, 0) is 16.6 Å². The summed E-state index contributed by atoms with van der Waals surface area (Å²) in [7, 11) is 1.73. The van der Waals surface area contributed by atoms with Gasteiger partial charge in [0.25, 0.3) is 5.91 Å². The Bertz CT molecular complexity index is 1070. The van der Waals surface area contributed by atoms with E-state index in [9.17, 15) is 4.79 Å². The number of fused-ring (bicyclic) bond motifs is 6. The first-order chi connectivity index (χ1) is 16.8. The second-order valence-corrected chi connectivity index (χ2v) is 11.8. The topological polar surface area (TPSA) is 50.8 Å².